The van der Waals surface area contributed by atoms with E-state index in [1.165, 1.54) is 23.5 Å². The number of anilines is 1. The van der Waals surface area contributed by atoms with E-state index in [-0.39, 0.29) is 11.7 Å². The molecule has 0 saturated heterocycles. The van der Waals surface area contributed by atoms with Gasteiger partial charge in [-0.25, -0.2) is 23.9 Å². The quantitative estimate of drug-likeness (QED) is 0.350. The van der Waals surface area contributed by atoms with Crippen LogP contribution in [0.1, 0.15) is 15.6 Å². The van der Waals surface area contributed by atoms with E-state index in [2.05, 4.69) is 25.3 Å². The maximum atomic E-state index is 13.5. The fourth-order valence-electron chi connectivity index (χ4n) is 3.98. The summed E-state index contributed by atoms with van der Waals surface area (Å²) in [6.45, 7) is 1.90. The molecule has 0 bridgehead atoms. The van der Waals surface area contributed by atoms with Crippen LogP contribution < -0.4 is 5.32 Å². The zero-order valence-corrected chi connectivity index (χ0v) is 20.6. The van der Waals surface area contributed by atoms with Crippen molar-refractivity contribution in [1.29, 1.82) is 0 Å². The maximum Gasteiger partial charge on any atom is 0.285 e. The average Bonchev–Trinajstić information content (AvgIpc) is 3.62. The van der Waals surface area contributed by atoms with Crippen molar-refractivity contribution < 1.29 is 9.18 Å². The minimum Gasteiger partial charge on any atom is -0.330 e. The lowest BCUT2D eigenvalue weighted by molar-refractivity contribution is 0.102. The van der Waals surface area contributed by atoms with Gasteiger partial charge in [0.25, 0.3) is 5.91 Å². The second-order valence-electron chi connectivity index (χ2n) is 8.29. The third-order valence-electron chi connectivity index (χ3n) is 5.91. The van der Waals surface area contributed by atoms with E-state index in [0.29, 0.717) is 27.9 Å². The lowest BCUT2D eigenvalue weighted by Gasteiger charge is -2.07. The zero-order valence-electron chi connectivity index (χ0n) is 19.8. The van der Waals surface area contributed by atoms with E-state index in [0.717, 1.165) is 27.5 Å². The minimum atomic E-state index is -0.352. The number of hydrogen-bond acceptors (Lipinski definition) is 7. The number of pyridine rings is 1. The molecule has 6 rings (SSSR count). The molecule has 0 aliphatic heterocycles. The van der Waals surface area contributed by atoms with Crippen LogP contribution in [0.3, 0.4) is 0 Å². The third kappa shape index (κ3) is 4.25. The fraction of sp³-hybridized carbons (Fsp3) is 0.0769. The van der Waals surface area contributed by atoms with Gasteiger partial charge in [0, 0.05) is 31.2 Å². The molecule has 5 heterocycles. The summed E-state index contributed by atoms with van der Waals surface area (Å²) in [5, 5.41) is 7.84. The second-order valence-corrected chi connectivity index (χ2v) is 9.32. The molecule has 182 valence electrons. The van der Waals surface area contributed by atoms with Gasteiger partial charge in [-0.3, -0.25) is 9.78 Å². The Labute approximate surface area is 214 Å². The molecule has 0 radical (unpaired) electrons. The van der Waals surface area contributed by atoms with E-state index in [9.17, 15) is 9.18 Å². The summed E-state index contributed by atoms with van der Waals surface area (Å²) in [6.07, 6.45) is 6.71. The molecule has 1 amide bonds. The Balaban J connectivity index is 1.29. The molecule has 37 heavy (non-hydrogen) atoms. The molecule has 0 aliphatic rings. The Hall–Kier alpha value is -4.77. The van der Waals surface area contributed by atoms with E-state index < -0.39 is 0 Å². The number of nitrogens with one attached hydrogen (secondary N) is 1. The Bertz CT molecular complexity index is 1760. The highest BCUT2D eigenvalue weighted by Crippen LogP contribution is 2.31. The number of nitrogens with zero attached hydrogens (tertiary/aromatic N) is 7. The minimum absolute atomic E-state index is 0.308. The summed E-state index contributed by atoms with van der Waals surface area (Å²) < 4.78 is 17.0. The second kappa shape index (κ2) is 9.03. The first-order chi connectivity index (χ1) is 18.0. The molecule has 1 aromatic carbocycles. The van der Waals surface area contributed by atoms with Gasteiger partial charge in [0.15, 0.2) is 16.5 Å². The number of hydrogen-bond donors (Lipinski definition) is 1. The fourth-order valence-corrected chi connectivity index (χ4v) is 4.80. The first-order valence-corrected chi connectivity index (χ1v) is 12.1. The van der Waals surface area contributed by atoms with Crippen LogP contribution in [-0.2, 0) is 7.05 Å². The van der Waals surface area contributed by atoms with Gasteiger partial charge in [0.05, 0.1) is 22.5 Å². The smallest absolute Gasteiger partial charge is 0.285 e. The van der Waals surface area contributed by atoms with Crippen LogP contribution in [0.5, 0.6) is 0 Å². The van der Waals surface area contributed by atoms with Crippen molar-refractivity contribution in [2.75, 3.05) is 5.32 Å². The van der Waals surface area contributed by atoms with Crippen molar-refractivity contribution >= 4 is 28.7 Å². The lowest BCUT2D eigenvalue weighted by Crippen LogP contribution is -2.11. The number of halogens is 1. The van der Waals surface area contributed by atoms with Crippen molar-refractivity contribution in [3.8, 4) is 33.1 Å². The molecule has 0 saturated carbocycles. The predicted molar refractivity (Wildman–Crippen MR) is 139 cm³/mol. The largest absolute Gasteiger partial charge is 0.330 e. The molecule has 0 fully saturated rings. The van der Waals surface area contributed by atoms with E-state index >= 15 is 0 Å². The van der Waals surface area contributed by atoms with Gasteiger partial charge >= 0.3 is 0 Å². The van der Waals surface area contributed by atoms with Crippen molar-refractivity contribution in [1.82, 2.24) is 34.1 Å². The maximum absolute atomic E-state index is 13.5. The van der Waals surface area contributed by atoms with Gasteiger partial charge in [-0.15, -0.1) is 11.3 Å². The predicted octanol–water partition coefficient (Wildman–Crippen LogP) is 5.02. The van der Waals surface area contributed by atoms with Crippen LogP contribution in [0.25, 0.3) is 38.7 Å². The van der Waals surface area contributed by atoms with E-state index in [4.69, 9.17) is 5.10 Å². The van der Waals surface area contributed by atoms with Crippen LogP contribution in [0, 0.1) is 12.7 Å². The normalized spacial score (nSPS) is 11.2. The topological polar surface area (TPSA) is 103 Å². The van der Waals surface area contributed by atoms with Crippen LogP contribution in [-0.4, -0.2) is 40.0 Å². The average molecular weight is 511 g/mol. The summed E-state index contributed by atoms with van der Waals surface area (Å²) in [5.41, 5.74) is 4.45. The third-order valence-corrected chi connectivity index (χ3v) is 6.95. The van der Waals surface area contributed by atoms with Crippen molar-refractivity contribution in [3.63, 3.8) is 0 Å². The number of imidazole rings is 2. The molecule has 5 aromatic heterocycles. The zero-order chi connectivity index (χ0) is 25.5. The van der Waals surface area contributed by atoms with Crippen molar-refractivity contribution in [2.24, 2.45) is 7.05 Å². The van der Waals surface area contributed by atoms with Crippen LogP contribution in [0.2, 0.25) is 0 Å². The van der Waals surface area contributed by atoms with Crippen LogP contribution >= 0.6 is 11.3 Å². The van der Waals surface area contributed by atoms with Gasteiger partial charge in [-0.2, -0.15) is 5.10 Å². The SMILES string of the molecule is Cc1nc(-c2ccc(F)cc2)c(-c2ccc3nc(NC(=O)c4ncc(-c5ccncc5)s4)cn3n2)n1C. The van der Waals surface area contributed by atoms with Gasteiger partial charge < -0.3 is 9.88 Å². The van der Waals surface area contributed by atoms with Crippen LogP contribution in [0.15, 0.2) is 73.3 Å². The van der Waals surface area contributed by atoms with E-state index in [1.54, 1.807) is 41.4 Å². The molecular weight excluding hydrogens is 491 g/mol. The molecule has 11 heteroatoms. The van der Waals surface area contributed by atoms with Gasteiger partial charge in [0.2, 0.25) is 0 Å². The number of aromatic nitrogens is 7. The van der Waals surface area contributed by atoms with Crippen molar-refractivity contribution in [2.45, 2.75) is 6.92 Å². The highest BCUT2D eigenvalue weighted by Gasteiger charge is 2.19. The molecule has 6 aromatic rings. The number of aryl methyl sites for hydroxylation is 1. The number of rotatable bonds is 5. The highest BCUT2D eigenvalue weighted by molar-refractivity contribution is 7.17. The summed E-state index contributed by atoms with van der Waals surface area (Å²) >= 11 is 1.29. The number of benzene rings is 1. The number of fused-ring (bicyclic) bond motifs is 1. The molecule has 9 nitrogen and oxygen atoms in total. The first-order valence-electron chi connectivity index (χ1n) is 11.3. The van der Waals surface area contributed by atoms with Gasteiger partial charge in [-0.05, 0) is 61.0 Å². The Morgan fingerprint density at radius 1 is 1.00 bits per heavy atom. The first kappa shape index (κ1) is 22.7. The molecular formula is C26H19FN8OS. The number of amides is 1. The van der Waals surface area contributed by atoms with Crippen LogP contribution in [0.4, 0.5) is 10.2 Å². The van der Waals surface area contributed by atoms with Gasteiger partial charge in [-0.1, -0.05) is 0 Å². The summed E-state index contributed by atoms with van der Waals surface area (Å²) in [7, 11) is 1.91. The number of carbonyl (C=O) groups excluding carboxylic acids is 1. The standard InChI is InChI=1S/C26H19FN8OS/c1-15-30-23(17-3-5-18(27)6-4-17)24(34(15)2)19-7-8-22-31-21(14-35(22)33-19)32-25(36)26-29-13-20(37-26)16-9-11-28-12-10-16/h3-14H,1-2H3,(H,32,36). The molecule has 0 aliphatic carbocycles. The molecule has 0 atom stereocenters. The molecule has 1 N–H and O–H groups in total. The monoisotopic (exact) mass is 510 g/mol. The number of carbonyl (C=O) groups is 1. The van der Waals surface area contributed by atoms with Crippen molar-refractivity contribution in [3.05, 3.63) is 90.0 Å². The Kier molecular flexibility index (Phi) is 5.53. The van der Waals surface area contributed by atoms with E-state index in [1.807, 2.05) is 42.8 Å². The Morgan fingerprint density at radius 3 is 2.57 bits per heavy atom. The van der Waals surface area contributed by atoms with Gasteiger partial charge in [0.1, 0.15) is 17.3 Å². The summed E-state index contributed by atoms with van der Waals surface area (Å²) in [4.78, 5) is 31.1. The Morgan fingerprint density at radius 2 is 1.78 bits per heavy atom. The highest BCUT2D eigenvalue weighted by atomic mass is 32.1. The number of thiazole rings is 1. The molecule has 0 spiro atoms. The lowest BCUT2D eigenvalue weighted by atomic mass is 10.1. The summed E-state index contributed by atoms with van der Waals surface area (Å²) in [6, 6.07) is 13.6. The molecule has 0 unspecified atom stereocenters. The summed E-state index contributed by atoms with van der Waals surface area (Å²) in [5.74, 6) is 0.492.